The lowest BCUT2D eigenvalue weighted by Crippen LogP contribution is -1.99. The number of rotatable bonds is 10. The van der Waals surface area contributed by atoms with Gasteiger partial charge in [0.25, 0.3) is 0 Å². The van der Waals surface area contributed by atoms with Crippen LogP contribution < -0.4 is 10.5 Å². The molecule has 0 atom stereocenters. The fourth-order valence-corrected chi connectivity index (χ4v) is 4.26. The van der Waals surface area contributed by atoms with E-state index in [2.05, 4.69) is 44.0 Å². The Bertz CT molecular complexity index is 593. The molecule has 2 N–H and O–H groups in total. The van der Waals surface area contributed by atoms with Crippen molar-refractivity contribution < 1.29 is 4.74 Å². The van der Waals surface area contributed by atoms with Crippen molar-refractivity contribution in [1.82, 2.24) is 0 Å². The van der Waals surface area contributed by atoms with Crippen molar-refractivity contribution >= 4 is 31.9 Å². The van der Waals surface area contributed by atoms with Crippen molar-refractivity contribution in [1.29, 1.82) is 0 Å². The summed E-state index contributed by atoms with van der Waals surface area (Å²) in [7, 11) is 0. The minimum absolute atomic E-state index is 0.764. The molecule has 24 heavy (non-hydrogen) atoms. The van der Waals surface area contributed by atoms with Crippen molar-refractivity contribution in [2.75, 3.05) is 13.2 Å². The van der Waals surface area contributed by atoms with Gasteiger partial charge in [-0.2, -0.15) is 0 Å². The number of nitrogens with two attached hydrogens (primary N) is 1. The molecule has 0 saturated carbocycles. The highest BCUT2D eigenvalue weighted by molar-refractivity contribution is 9.11. The molecule has 130 valence electrons. The fraction of sp³-hybridized carbons (Fsp3) is 0.400. The van der Waals surface area contributed by atoms with Crippen LogP contribution in [0.1, 0.15) is 38.5 Å². The van der Waals surface area contributed by atoms with Crippen LogP contribution in [0.5, 0.6) is 5.75 Å². The molecule has 0 aliphatic rings. The third-order valence-corrected chi connectivity index (χ3v) is 5.20. The van der Waals surface area contributed by atoms with E-state index in [9.17, 15) is 0 Å². The first-order chi connectivity index (χ1) is 11.7. The van der Waals surface area contributed by atoms with Gasteiger partial charge in [-0.25, -0.2) is 0 Å². The van der Waals surface area contributed by atoms with Crippen LogP contribution in [-0.4, -0.2) is 13.2 Å². The van der Waals surface area contributed by atoms with Crippen molar-refractivity contribution in [3.05, 3.63) is 51.4 Å². The van der Waals surface area contributed by atoms with Crippen LogP contribution in [0.25, 0.3) is 11.1 Å². The summed E-state index contributed by atoms with van der Waals surface area (Å²) in [5.41, 5.74) is 7.84. The quantitative estimate of drug-likeness (QED) is 0.412. The smallest absolute Gasteiger partial charge is 0.121 e. The van der Waals surface area contributed by atoms with E-state index in [0.29, 0.717) is 0 Å². The summed E-state index contributed by atoms with van der Waals surface area (Å²) >= 11 is 7.34. The van der Waals surface area contributed by atoms with Crippen LogP contribution in [0.15, 0.2) is 51.4 Å². The second kappa shape index (κ2) is 10.9. The van der Waals surface area contributed by atoms with Gasteiger partial charge >= 0.3 is 0 Å². The molecule has 0 heterocycles. The minimum Gasteiger partial charge on any atom is -0.494 e. The lowest BCUT2D eigenvalue weighted by Gasteiger charge is -2.12. The normalized spacial score (nSPS) is 10.8. The molecule has 2 nitrogen and oxygen atoms in total. The van der Waals surface area contributed by atoms with Gasteiger partial charge in [-0.15, -0.1) is 0 Å². The number of halogens is 2. The molecule has 0 aromatic heterocycles. The SMILES string of the molecule is NCCCCCCCCOc1cc(Br)c(-c2ccccc2)c(Br)c1. The average Bonchev–Trinajstić information content (AvgIpc) is 2.58. The number of unbranched alkanes of at least 4 members (excludes halogenated alkanes) is 5. The molecule has 0 saturated heterocycles. The molecule has 4 heteroatoms. The second-order valence-corrected chi connectivity index (χ2v) is 7.60. The average molecular weight is 455 g/mol. The molecule has 0 unspecified atom stereocenters. The predicted molar refractivity (Wildman–Crippen MR) is 110 cm³/mol. The molecule has 0 spiro atoms. The summed E-state index contributed by atoms with van der Waals surface area (Å²) < 4.78 is 7.99. The van der Waals surface area contributed by atoms with Crippen LogP contribution in [-0.2, 0) is 0 Å². The van der Waals surface area contributed by atoms with Crippen molar-refractivity contribution in [3.63, 3.8) is 0 Å². The van der Waals surface area contributed by atoms with Crippen LogP contribution >= 0.6 is 31.9 Å². The number of benzene rings is 2. The van der Waals surface area contributed by atoms with Crippen molar-refractivity contribution in [2.45, 2.75) is 38.5 Å². The molecule has 0 amide bonds. The van der Waals surface area contributed by atoms with E-state index in [0.717, 1.165) is 46.3 Å². The van der Waals surface area contributed by atoms with E-state index in [1.165, 1.54) is 31.2 Å². The molecule has 2 rings (SSSR count). The van der Waals surface area contributed by atoms with E-state index >= 15 is 0 Å². The van der Waals surface area contributed by atoms with E-state index in [1.807, 2.05) is 30.3 Å². The first-order valence-electron chi connectivity index (χ1n) is 8.59. The zero-order chi connectivity index (χ0) is 17.2. The Morgan fingerprint density at radius 3 is 2.00 bits per heavy atom. The highest BCUT2D eigenvalue weighted by Gasteiger charge is 2.10. The largest absolute Gasteiger partial charge is 0.494 e. The van der Waals surface area contributed by atoms with Gasteiger partial charge in [0.15, 0.2) is 0 Å². The number of hydrogen-bond donors (Lipinski definition) is 1. The van der Waals surface area contributed by atoms with Crippen LogP contribution in [0.3, 0.4) is 0 Å². The Labute approximate surface area is 162 Å². The van der Waals surface area contributed by atoms with Gasteiger partial charge in [0.1, 0.15) is 5.75 Å². The number of ether oxygens (including phenoxy) is 1. The topological polar surface area (TPSA) is 35.2 Å². The zero-order valence-corrected chi connectivity index (χ0v) is 17.1. The minimum atomic E-state index is 0.764. The lowest BCUT2D eigenvalue weighted by atomic mass is 10.1. The van der Waals surface area contributed by atoms with Gasteiger partial charge in [0.2, 0.25) is 0 Å². The van der Waals surface area contributed by atoms with Crippen LogP contribution in [0.2, 0.25) is 0 Å². The van der Waals surface area contributed by atoms with Crippen molar-refractivity contribution in [3.8, 4) is 16.9 Å². The molecule has 0 aliphatic carbocycles. The molecule has 0 fully saturated rings. The second-order valence-electron chi connectivity index (χ2n) is 5.89. The summed E-state index contributed by atoms with van der Waals surface area (Å²) in [5, 5.41) is 0. The van der Waals surface area contributed by atoms with E-state index in [4.69, 9.17) is 10.5 Å². The molecule has 0 bridgehead atoms. The van der Waals surface area contributed by atoms with E-state index in [-0.39, 0.29) is 0 Å². The standard InChI is InChI=1S/C20H25Br2NO/c21-18-14-17(24-13-9-4-2-1-3-8-12-23)15-19(22)20(18)16-10-6-5-7-11-16/h5-7,10-11,14-15H,1-4,8-9,12-13,23H2. The highest BCUT2D eigenvalue weighted by Crippen LogP contribution is 2.38. The maximum atomic E-state index is 5.91. The van der Waals surface area contributed by atoms with Crippen LogP contribution in [0.4, 0.5) is 0 Å². The van der Waals surface area contributed by atoms with Gasteiger partial charge in [-0.3, -0.25) is 0 Å². The maximum absolute atomic E-state index is 5.91. The Morgan fingerprint density at radius 2 is 1.38 bits per heavy atom. The molecule has 2 aromatic carbocycles. The van der Waals surface area contributed by atoms with Gasteiger partial charge < -0.3 is 10.5 Å². The first-order valence-corrected chi connectivity index (χ1v) is 10.2. The Kier molecular flexibility index (Phi) is 8.86. The highest BCUT2D eigenvalue weighted by atomic mass is 79.9. The Morgan fingerprint density at radius 1 is 0.792 bits per heavy atom. The third-order valence-electron chi connectivity index (χ3n) is 3.95. The van der Waals surface area contributed by atoms with Gasteiger partial charge in [0, 0.05) is 14.5 Å². The monoisotopic (exact) mass is 453 g/mol. The molecular weight excluding hydrogens is 430 g/mol. The van der Waals surface area contributed by atoms with E-state index in [1.54, 1.807) is 0 Å². The third kappa shape index (κ3) is 6.23. The van der Waals surface area contributed by atoms with Gasteiger partial charge in [-0.05, 0) is 68.9 Å². The molecule has 0 aliphatic heterocycles. The summed E-state index contributed by atoms with van der Waals surface area (Å²) in [6.07, 6.45) is 7.25. The van der Waals surface area contributed by atoms with Gasteiger partial charge in [-0.1, -0.05) is 56.0 Å². The Hall–Kier alpha value is -0.840. The summed E-state index contributed by atoms with van der Waals surface area (Å²) in [6.45, 7) is 1.58. The summed E-state index contributed by atoms with van der Waals surface area (Å²) in [4.78, 5) is 0. The maximum Gasteiger partial charge on any atom is 0.121 e. The number of hydrogen-bond acceptors (Lipinski definition) is 2. The Balaban J connectivity index is 1.83. The molecule has 2 aromatic rings. The molecule has 0 radical (unpaired) electrons. The van der Waals surface area contributed by atoms with E-state index < -0.39 is 0 Å². The fourth-order valence-electron chi connectivity index (χ4n) is 2.66. The van der Waals surface area contributed by atoms with Crippen molar-refractivity contribution in [2.24, 2.45) is 5.73 Å². The summed E-state index contributed by atoms with van der Waals surface area (Å²) in [5.74, 6) is 0.900. The molecular formula is C20H25Br2NO. The van der Waals surface area contributed by atoms with Gasteiger partial charge in [0.05, 0.1) is 6.61 Å². The zero-order valence-electron chi connectivity index (χ0n) is 13.9. The first kappa shape index (κ1) is 19.5. The van der Waals surface area contributed by atoms with Crippen LogP contribution in [0, 0.1) is 0 Å². The lowest BCUT2D eigenvalue weighted by molar-refractivity contribution is 0.304. The predicted octanol–water partition coefficient (Wildman–Crippen LogP) is 6.56. The summed E-state index contributed by atoms with van der Waals surface area (Å²) in [6, 6.07) is 14.4.